The molecule has 9 heteroatoms. The molecule has 0 radical (unpaired) electrons. The van der Waals surface area contributed by atoms with Gasteiger partial charge in [0.25, 0.3) is 0 Å². The first-order chi connectivity index (χ1) is 14.3. The van der Waals surface area contributed by atoms with E-state index in [1.807, 2.05) is 0 Å². The van der Waals surface area contributed by atoms with Gasteiger partial charge in [-0.15, -0.1) is 0 Å². The van der Waals surface area contributed by atoms with Gasteiger partial charge in [-0.3, -0.25) is 4.79 Å². The van der Waals surface area contributed by atoms with Crippen LogP contribution in [0.4, 0.5) is 0 Å². The summed E-state index contributed by atoms with van der Waals surface area (Å²) in [6, 6.07) is 10.9. The Balaban J connectivity index is 1.87. The van der Waals surface area contributed by atoms with Crippen LogP contribution >= 0.6 is 34.8 Å². The molecule has 0 saturated heterocycles. The molecule has 5 nitrogen and oxygen atoms in total. The fourth-order valence-electron chi connectivity index (χ4n) is 3.52. The molecule has 0 unspecified atom stereocenters. The standard InChI is InChI=1S/C21H23Cl3N2O3S/c22-15-9-11-17(12-10-15)30(28,29)26(13-18-19(23)7-4-8-20(18)24)14-21(27)25-16-5-2-1-3-6-16/h4,7-12,16H,1-3,5-6,13-14H2,(H,25,27). The topological polar surface area (TPSA) is 66.5 Å². The maximum atomic E-state index is 13.3. The molecule has 1 saturated carbocycles. The number of nitrogens with zero attached hydrogens (tertiary/aromatic N) is 1. The van der Waals surface area contributed by atoms with Gasteiger partial charge in [-0.2, -0.15) is 4.31 Å². The summed E-state index contributed by atoms with van der Waals surface area (Å²) in [4.78, 5) is 12.8. The van der Waals surface area contributed by atoms with Crippen molar-refractivity contribution < 1.29 is 13.2 Å². The molecule has 0 aliphatic heterocycles. The van der Waals surface area contributed by atoms with Crippen LogP contribution in [0.2, 0.25) is 15.1 Å². The van der Waals surface area contributed by atoms with Crippen LogP contribution in [0.25, 0.3) is 0 Å². The summed E-state index contributed by atoms with van der Waals surface area (Å²) in [5, 5.41) is 4.06. The average Bonchev–Trinajstić information content (AvgIpc) is 2.71. The van der Waals surface area contributed by atoms with Crippen molar-refractivity contribution in [2.75, 3.05) is 6.54 Å². The van der Waals surface area contributed by atoms with Gasteiger partial charge in [-0.05, 0) is 49.2 Å². The van der Waals surface area contributed by atoms with Crippen LogP contribution in [0.1, 0.15) is 37.7 Å². The van der Waals surface area contributed by atoms with Crippen LogP contribution in [-0.2, 0) is 21.4 Å². The van der Waals surface area contributed by atoms with Crippen molar-refractivity contribution in [2.24, 2.45) is 0 Å². The minimum atomic E-state index is -3.99. The molecule has 1 aliphatic rings. The highest BCUT2D eigenvalue weighted by molar-refractivity contribution is 7.89. The number of rotatable bonds is 7. The van der Waals surface area contributed by atoms with Gasteiger partial charge in [-0.1, -0.05) is 60.1 Å². The molecule has 0 aromatic heterocycles. The lowest BCUT2D eigenvalue weighted by Crippen LogP contribution is -2.44. The minimum Gasteiger partial charge on any atom is -0.352 e. The SMILES string of the molecule is O=C(CN(Cc1c(Cl)cccc1Cl)S(=O)(=O)c1ccc(Cl)cc1)NC1CCCCC1. The van der Waals surface area contributed by atoms with E-state index >= 15 is 0 Å². The summed E-state index contributed by atoms with van der Waals surface area (Å²) in [7, 11) is -3.99. The molecule has 1 N–H and O–H groups in total. The molecule has 1 amide bonds. The number of amides is 1. The van der Waals surface area contributed by atoms with Crippen molar-refractivity contribution in [3.63, 3.8) is 0 Å². The Morgan fingerprint density at radius 3 is 2.17 bits per heavy atom. The fourth-order valence-corrected chi connectivity index (χ4v) is 5.53. The number of nitrogens with one attached hydrogen (secondary N) is 1. The van der Waals surface area contributed by atoms with Crippen LogP contribution in [-0.4, -0.2) is 31.2 Å². The number of hydrogen-bond acceptors (Lipinski definition) is 3. The molecule has 3 rings (SSSR count). The lowest BCUT2D eigenvalue weighted by Gasteiger charge is -2.26. The largest absolute Gasteiger partial charge is 0.352 e. The molecule has 0 atom stereocenters. The normalized spacial score (nSPS) is 15.3. The number of carbonyl (C=O) groups excluding carboxylic acids is 1. The molecular weight excluding hydrogens is 467 g/mol. The van der Waals surface area contributed by atoms with E-state index in [-0.39, 0.29) is 29.9 Å². The van der Waals surface area contributed by atoms with Gasteiger partial charge < -0.3 is 5.32 Å². The third-order valence-corrected chi connectivity index (χ3v) is 7.90. The zero-order valence-electron chi connectivity index (χ0n) is 16.3. The average molecular weight is 490 g/mol. The lowest BCUT2D eigenvalue weighted by atomic mass is 9.95. The third kappa shape index (κ3) is 5.89. The van der Waals surface area contributed by atoms with Crippen molar-refractivity contribution in [3.05, 3.63) is 63.1 Å². The van der Waals surface area contributed by atoms with Crippen LogP contribution < -0.4 is 5.32 Å². The Morgan fingerprint density at radius 1 is 0.967 bits per heavy atom. The summed E-state index contributed by atoms with van der Waals surface area (Å²) in [6.45, 7) is -0.454. The molecule has 30 heavy (non-hydrogen) atoms. The van der Waals surface area contributed by atoms with Crippen LogP contribution in [0, 0.1) is 0 Å². The van der Waals surface area contributed by atoms with Crippen molar-refractivity contribution in [3.8, 4) is 0 Å². The van der Waals surface area contributed by atoms with Crippen LogP contribution in [0.15, 0.2) is 47.4 Å². The van der Waals surface area contributed by atoms with E-state index in [1.165, 1.54) is 24.3 Å². The monoisotopic (exact) mass is 488 g/mol. The van der Waals surface area contributed by atoms with Crippen molar-refractivity contribution in [1.82, 2.24) is 9.62 Å². The smallest absolute Gasteiger partial charge is 0.243 e. The van der Waals surface area contributed by atoms with E-state index in [2.05, 4.69) is 5.32 Å². The maximum absolute atomic E-state index is 13.3. The molecule has 0 heterocycles. The quantitative estimate of drug-likeness (QED) is 0.575. The van der Waals surface area contributed by atoms with E-state index in [4.69, 9.17) is 34.8 Å². The van der Waals surface area contributed by atoms with E-state index in [0.717, 1.165) is 36.4 Å². The number of sulfonamides is 1. The van der Waals surface area contributed by atoms with Crippen LogP contribution in [0.3, 0.4) is 0 Å². The highest BCUT2D eigenvalue weighted by Crippen LogP contribution is 2.28. The second-order valence-corrected chi connectivity index (χ2v) is 10.5. The number of carbonyl (C=O) groups is 1. The van der Waals surface area contributed by atoms with Crippen molar-refractivity contribution in [2.45, 2.75) is 49.6 Å². The molecule has 2 aromatic rings. The van der Waals surface area contributed by atoms with Crippen molar-refractivity contribution in [1.29, 1.82) is 0 Å². The van der Waals surface area contributed by atoms with E-state index < -0.39 is 10.0 Å². The Morgan fingerprint density at radius 2 is 1.57 bits per heavy atom. The van der Waals surface area contributed by atoms with E-state index in [9.17, 15) is 13.2 Å². The van der Waals surface area contributed by atoms with Gasteiger partial charge in [-0.25, -0.2) is 8.42 Å². The van der Waals surface area contributed by atoms with Gasteiger partial charge in [0.2, 0.25) is 15.9 Å². The van der Waals surface area contributed by atoms with Gasteiger partial charge in [0.1, 0.15) is 0 Å². The first-order valence-electron chi connectivity index (χ1n) is 9.75. The maximum Gasteiger partial charge on any atom is 0.243 e. The lowest BCUT2D eigenvalue weighted by molar-refractivity contribution is -0.122. The fraction of sp³-hybridized carbons (Fsp3) is 0.381. The Bertz CT molecular complexity index is 971. The number of benzene rings is 2. The summed E-state index contributed by atoms with van der Waals surface area (Å²) >= 11 is 18.4. The molecular formula is C21H23Cl3N2O3S. The van der Waals surface area contributed by atoms with Gasteiger partial charge in [0, 0.05) is 33.2 Å². The second kappa shape index (κ2) is 10.3. The first-order valence-corrected chi connectivity index (χ1v) is 12.3. The molecule has 162 valence electrons. The van der Waals surface area contributed by atoms with Gasteiger partial charge in [0.15, 0.2) is 0 Å². The molecule has 0 bridgehead atoms. The molecule has 1 aliphatic carbocycles. The summed E-state index contributed by atoms with van der Waals surface area (Å²) in [5.41, 5.74) is 0.448. The predicted molar refractivity (Wildman–Crippen MR) is 121 cm³/mol. The van der Waals surface area contributed by atoms with Crippen LogP contribution in [0.5, 0.6) is 0 Å². The van der Waals surface area contributed by atoms with E-state index in [0.29, 0.717) is 20.6 Å². The Labute approximate surface area is 192 Å². The molecule has 0 spiro atoms. The zero-order chi connectivity index (χ0) is 21.7. The highest BCUT2D eigenvalue weighted by Gasteiger charge is 2.29. The highest BCUT2D eigenvalue weighted by atomic mass is 35.5. The Hall–Kier alpha value is -1.31. The molecule has 2 aromatic carbocycles. The second-order valence-electron chi connectivity index (χ2n) is 7.33. The van der Waals surface area contributed by atoms with Crippen molar-refractivity contribution >= 4 is 50.7 Å². The summed E-state index contributed by atoms with van der Waals surface area (Å²) in [5.74, 6) is -0.345. The number of halogens is 3. The number of hydrogen-bond donors (Lipinski definition) is 1. The third-order valence-electron chi connectivity index (χ3n) is 5.14. The van der Waals surface area contributed by atoms with Gasteiger partial charge >= 0.3 is 0 Å². The predicted octanol–water partition coefficient (Wildman–Crippen LogP) is 5.29. The Kier molecular flexibility index (Phi) is 8.04. The first kappa shape index (κ1) is 23.4. The molecule has 1 fully saturated rings. The summed E-state index contributed by atoms with van der Waals surface area (Å²) in [6.07, 6.45) is 5.10. The van der Waals surface area contributed by atoms with E-state index in [1.54, 1.807) is 18.2 Å². The zero-order valence-corrected chi connectivity index (χ0v) is 19.4. The van der Waals surface area contributed by atoms with Gasteiger partial charge in [0.05, 0.1) is 11.4 Å². The minimum absolute atomic E-state index is 0.0422. The summed E-state index contributed by atoms with van der Waals surface area (Å²) < 4.78 is 27.7.